The number of rotatable bonds is 8. The minimum atomic E-state index is 0.331. The Morgan fingerprint density at radius 2 is 1.93 bits per heavy atom. The summed E-state index contributed by atoms with van der Waals surface area (Å²) in [5.41, 5.74) is 1.27. The van der Waals surface area contributed by atoms with Gasteiger partial charge in [0.05, 0.1) is 26.4 Å². The minimum Gasteiger partial charge on any atom is -0.497 e. The Bertz CT molecular complexity index is 769. The molecule has 0 spiro atoms. The molecule has 2 heterocycles. The maximum atomic E-state index is 5.54. The molecular weight excluding hydrogens is 384 g/mol. The second kappa shape index (κ2) is 11.2. The van der Waals surface area contributed by atoms with E-state index in [-0.39, 0.29) is 0 Å². The zero-order chi connectivity index (χ0) is 20.5. The maximum Gasteiger partial charge on any atom is 0.191 e. The molecule has 6 nitrogen and oxygen atoms in total. The zero-order valence-electron chi connectivity index (χ0n) is 17.6. The number of aryl methyl sites for hydroxylation is 1. The number of hydrogen-bond acceptors (Lipinski definition) is 5. The number of benzene rings is 1. The molecular formula is C22H32N4O2S. The van der Waals surface area contributed by atoms with Gasteiger partial charge in [-0.3, -0.25) is 9.89 Å². The molecule has 1 atom stereocenters. The van der Waals surface area contributed by atoms with E-state index in [1.54, 1.807) is 7.11 Å². The Balaban J connectivity index is 1.52. The van der Waals surface area contributed by atoms with Crippen molar-refractivity contribution < 1.29 is 9.47 Å². The Labute approximate surface area is 177 Å². The van der Waals surface area contributed by atoms with Gasteiger partial charge in [0.1, 0.15) is 5.75 Å². The van der Waals surface area contributed by atoms with Crippen molar-refractivity contribution in [2.75, 3.05) is 53.6 Å². The minimum absolute atomic E-state index is 0.331. The summed E-state index contributed by atoms with van der Waals surface area (Å²) in [4.78, 5) is 9.65. The quantitative estimate of drug-likeness (QED) is 0.512. The number of methoxy groups -OCH3 is 1. The SMILES string of the molecule is CN=C(NCCc1ccc(OC)cc1)NCC(c1ccc(C)s1)N1CCOCC1. The average Bonchev–Trinajstić information content (AvgIpc) is 3.19. The summed E-state index contributed by atoms with van der Waals surface area (Å²) in [6, 6.07) is 13.0. The summed E-state index contributed by atoms with van der Waals surface area (Å²) in [5, 5.41) is 6.95. The van der Waals surface area contributed by atoms with E-state index < -0.39 is 0 Å². The van der Waals surface area contributed by atoms with Crippen LogP contribution in [0.2, 0.25) is 0 Å². The molecule has 0 radical (unpaired) electrons. The van der Waals surface area contributed by atoms with Gasteiger partial charge < -0.3 is 20.1 Å². The average molecular weight is 417 g/mol. The van der Waals surface area contributed by atoms with Crippen LogP contribution in [0.15, 0.2) is 41.4 Å². The van der Waals surface area contributed by atoms with Crippen molar-refractivity contribution in [2.45, 2.75) is 19.4 Å². The molecule has 0 bridgehead atoms. The highest BCUT2D eigenvalue weighted by Crippen LogP contribution is 2.27. The maximum absolute atomic E-state index is 5.54. The number of guanidine groups is 1. The van der Waals surface area contributed by atoms with Crippen molar-refractivity contribution in [3.05, 3.63) is 51.7 Å². The second-order valence-electron chi connectivity index (χ2n) is 7.09. The van der Waals surface area contributed by atoms with Gasteiger partial charge in [-0.1, -0.05) is 12.1 Å². The molecule has 1 aliphatic heterocycles. The van der Waals surface area contributed by atoms with Crippen molar-refractivity contribution >= 4 is 17.3 Å². The number of hydrogen-bond donors (Lipinski definition) is 2. The van der Waals surface area contributed by atoms with Crippen molar-refractivity contribution in [2.24, 2.45) is 4.99 Å². The van der Waals surface area contributed by atoms with Crippen LogP contribution >= 0.6 is 11.3 Å². The molecule has 1 unspecified atom stereocenters. The molecule has 1 aromatic carbocycles. The summed E-state index contributed by atoms with van der Waals surface area (Å²) < 4.78 is 10.8. The van der Waals surface area contributed by atoms with Crippen molar-refractivity contribution in [3.63, 3.8) is 0 Å². The fourth-order valence-electron chi connectivity index (χ4n) is 3.46. The molecule has 0 aliphatic carbocycles. The Morgan fingerprint density at radius 3 is 2.55 bits per heavy atom. The smallest absolute Gasteiger partial charge is 0.191 e. The van der Waals surface area contributed by atoms with E-state index in [1.165, 1.54) is 15.3 Å². The number of nitrogens with zero attached hydrogens (tertiary/aromatic N) is 2. The highest BCUT2D eigenvalue weighted by Gasteiger charge is 2.24. The molecule has 2 aromatic rings. The van der Waals surface area contributed by atoms with Crippen LogP contribution in [-0.4, -0.2) is 64.4 Å². The van der Waals surface area contributed by atoms with E-state index in [0.717, 1.165) is 57.5 Å². The summed E-state index contributed by atoms with van der Waals surface area (Å²) in [6.07, 6.45) is 0.932. The molecule has 3 rings (SSSR count). The van der Waals surface area contributed by atoms with E-state index in [1.807, 2.05) is 30.5 Å². The van der Waals surface area contributed by atoms with Gasteiger partial charge in [-0.2, -0.15) is 0 Å². The molecule has 29 heavy (non-hydrogen) atoms. The molecule has 1 saturated heterocycles. The molecule has 1 aliphatic rings. The highest BCUT2D eigenvalue weighted by atomic mass is 32.1. The van der Waals surface area contributed by atoms with E-state index in [2.05, 4.69) is 51.7 Å². The van der Waals surface area contributed by atoms with Crippen LogP contribution in [0, 0.1) is 6.92 Å². The van der Waals surface area contributed by atoms with Gasteiger partial charge in [0.25, 0.3) is 0 Å². The third kappa shape index (κ3) is 6.45. The topological polar surface area (TPSA) is 58.1 Å². The van der Waals surface area contributed by atoms with Gasteiger partial charge in [-0.15, -0.1) is 11.3 Å². The van der Waals surface area contributed by atoms with Gasteiger partial charge in [-0.05, 0) is 43.2 Å². The normalized spacial score (nSPS) is 16.4. The van der Waals surface area contributed by atoms with Crippen LogP contribution in [0.4, 0.5) is 0 Å². The van der Waals surface area contributed by atoms with Gasteiger partial charge in [0.2, 0.25) is 0 Å². The number of aliphatic imine (C=N–C) groups is 1. The summed E-state index contributed by atoms with van der Waals surface area (Å²) >= 11 is 1.87. The largest absolute Gasteiger partial charge is 0.497 e. The molecule has 7 heteroatoms. The third-order valence-corrected chi connectivity index (χ3v) is 6.23. The monoisotopic (exact) mass is 416 g/mol. The fraction of sp³-hybridized carbons (Fsp3) is 0.500. The molecule has 1 fully saturated rings. The predicted octanol–water partition coefficient (Wildman–Crippen LogP) is 2.85. The second-order valence-corrected chi connectivity index (χ2v) is 8.41. The standard InChI is InChI=1S/C22H32N4O2S/c1-17-4-9-21(29-17)20(26-12-14-28-15-13-26)16-25-22(23-2)24-11-10-18-5-7-19(27-3)8-6-18/h4-9,20H,10-16H2,1-3H3,(H2,23,24,25). The first kappa shape index (κ1) is 21.6. The van der Waals surface area contributed by atoms with E-state index in [0.29, 0.717) is 6.04 Å². The zero-order valence-corrected chi connectivity index (χ0v) is 18.4. The molecule has 0 amide bonds. The fourth-order valence-corrected chi connectivity index (χ4v) is 4.48. The highest BCUT2D eigenvalue weighted by molar-refractivity contribution is 7.12. The van der Waals surface area contributed by atoms with Crippen molar-refractivity contribution in [1.82, 2.24) is 15.5 Å². The Morgan fingerprint density at radius 1 is 1.17 bits per heavy atom. The van der Waals surface area contributed by atoms with Crippen LogP contribution in [0.3, 0.4) is 0 Å². The first-order valence-corrected chi connectivity index (χ1v) is 11.0. The lowest BCUT2D eigenvalue weighted by Crippen LogP contribution is -2.46. The Hall–Kier alpha value is -2.09. The first-order chi connectivity index (χ1) is 14.2. The summed E-state index contributed by atoms with van der Waals surface area (Å²) in [6.45, 7) is 7.34. The van der Waals surface area contributed by atoms with Crippen LogP contribution in [0.25, 0.3) is 0 Å². The molecule has 2 N–H and O–H groups in total. The number of ether oxygens (including phenoxy) is 2. The number of morpholine rings is 1. The van der Waals surface area contributed by atoms with Gasteiger partial charge in [-0.25, -0.2) is 0 Å². The first-order valence-electron chi connectivity index (χ1n) is 10.1. The van der Waals surface area contributed by atoms with E-state index >= 15 is 0 Å². The Kier molecular flexibility index (Phi) is 8.34. The van der Waals surface area contributed by atoms with Gasteiger partial charge in [0.15, 0.2) is 5.96 Å². The van der Waals surface area contributed by atoms with Crippen LogP contribution in [0.5, 0.6) is 5.75 Å². The molecule has 1 aromatic heterocycles. The number of thiophene rings is 1. The van der Waals surface area contributed by atoms with E-state index in [4.69, 9.17) is 9.47 Å². The third-order valence-electron chi connectivity index (χ3n) is 5.13. The van der Waals surface area contributed by atoms with Crippen molar-refractivity contribution in [3.8, 4) is 5.75 Å². The van der Waals surface area contributed by atoms with Gasteiger partial charge in [0, 0.05) is 43.0 Å². The van der Waals surface area contributed by atoms with Gasteiger partial charge >= 0.3 is 0 Å². The lowest BCUT2D eigenvalue weighted by Gasteiger charge is -2.34. The molecule has 158 valence electrons. The summed E-state index contributed by atoms with van der Waals surface area (Å²) in [7, 11) is 3.51. The predicted molar refractivity (Wildman–Crippen MR) is 120 cm³/mol. The lowest BCUT2D eigenvalue weighted by atomic mass is 10.1. The van der Waals surface area contributed by atoms with E-state index in [9.17, 15) is 0 Å². The van der Waals surface area contributed by atoms with Crippen LogP contribution in [0.1, 0.15) is 21.4 Å². The van der Waals surface area contributed by atoms with Crippen LogP contribution in [-0.2, 0) is 11.2 Å². The van der Waals surface area contributed by atoms with Crippen LogP contribution < -0.4 is 15.4 Å². The lowest BCUT2D eigenvalue weighted by molar-refractivity contribution is 0.0177. The van der Waals surface area contributed by atoms with Crippen molar-refractivity contribution in [1.29, 1.82) is 0 Å². The number of nitrogens with one attached hydrogen (secondary N) is 2. The molecule has 0 saturated carbocycles. The summed E-state index contributed by atoms with van der Waals surface area (Å²) in [5.74, 6) is 1.72.